The molecule has 1 saturated heterocycles. The number of carbonyl (C=O) groups is 2. The fraction of sp³-hybridized carbons (Fsp3) is 0.467. The molecule has 4 nitrogen and oxygen atoms in total. The molecular formula is C15H18O4. The topological polar surface area (TPSA) is 63.6 Å². The van der Waals surface area contributed by atoms with Crippen LogP contribution in [0.15, 0.2) is 37.0 Å². The van der Waals surface area contributed by atoms with Crippen molar-refractivity contribution in [1.29, 1.82) is 0 Å². The Hall–Kier alpha value is -1.68. The Bertz CT molecular complexity index is 479. The average Bonchev–Trinajstić information content (AvgIpc) is 2.65. The fourth-order valence-electron chi connectivity index (χ4n) is 3.33. The van der Waals surface area contributed by atoms with Gasteiger partial charge >= 0.3 is 5.97 Å². The van der Waals surface area contributed by atoms with Crippen molar-refractivity contribution in [2.45, 2.75) is 25.6 Å². The van der Waals surface area contributed by atoms with E-state index in [1.807, 2.05) is 6.92 Å². The van der Waals surface area contributed by atoms with Gasteiger partial charge in [0.15, 0.2) is 0 Å². The van der Waals surface area contributed by atoms with Gasteiger partial charge in [-0.05, 0) is 17.4 Å². The molecule has 4 heteroatoms. The Balaban J connectivity index is 2.49. The van der Waals surface area contributed by atoms with E-state index in [1.165, 1.54) is 0 Å². The molecule has 19 heavy (non-hydrogen) atoms. The monoisotopic (exact) mass is 262 g/mol. The molecule has 2 fully saturated rings. The second-order valence-corrected chi connectivity index (χ2v) is 5.57. The van der Waals surface area contributed by atoms with Gasteiger partial charge in [-0.25, -0.2) is 4.79 Å². The standard InChI is InChI=1S/C15H18O4/c1-5-15(4)6-10(17)11-9(3)14(18)19-13(11)12(15)8(2)7-16/h5,7,10-13,17H,1-3,6H2,4H3/t10-,11?,12+,13-,15+/m0/s1. The Morgan fingerprint density at radius 1 is 1.58 bits per heavy atom. The number of aldehydes is 1. The summed E-state index contributed by atoms with van der Waals surface area (Å²) in [5.41, 5.74) is 0.0860. The van der Waals surface area contributed by atoms with Crippen molar-refractivity contribution in [2.75, 3.05) is 0 Å². The lowest BCUT2D eigenvalue weighted by Gasteiger charge is -2.46. The van der Waals surface area contributed by atoms with Crippen LogP contribution in [0.25, 0.3) is 0 Å². The number of allylic oxidation sites excluding steroid dienone is 1. The smallest absolute Gasteiger partial charge is 0.334 e. The molecule has 2 aliphatic rings. The quantitative estimate of drug-likeness (QED) is 0.361. The summed E-state index contributed by atoms with van der Waals surface area (Å²) < 4.78 is 5.31. The molecular weight excluding hydrogens is 244 g/mol. The molecule has 1 heterocycles. The number of aliphatic hydroxyl groups excluding tert-OH is 1. The van der Waals surface area contributed by atoms with Gasteiger partial charge < -0.3 is 9.84 Å². The summed E-state index contributed by atoms with van der Waals surface area (Å²) in [5.74, 6) is -1.35. The first-order valence-electron chi connectivity index (χ1n) is 6.21. The van der Waals surface area contributed by atoms with Crippen LogP contribution in [0.4, 0.5) is 0 Å². The zero-order chi connectivity index (χ0) is 14.4. The lowest BCUT2D eigenvalue weighted by Crippen LogP contribution is -2.50. The van der Waals surface area contributed by atoms with E-state index in [2.05, 4.69) is 19.7 Å². The van der Waals surface area contributed by atoms with Gasteiger partial charge in [0, 0.05) is 11.5 Å². The van der Waals surface area contributed by atoms with Gasteiger partial charge in [-0.2, -0.15) is 0 Å². The van der Waals surface area contributed by atoms with Crippen molar-refractivity contribution >= 4 is 12.3 Å². The van der Waals surface area contributed by atoms with E-state index in [1.54, 1.807) is 6.08 Å². The first-order valence-corrected chi connectivity index (χ1v) is 6.21. The predicted octanol–water partition coefficient (Wildman–Crippen LogP) is 1.41. The van der Waals surface area contributed by atoms with Gasteiger partial charge in [-0.1, -0.05) is 26.2 Å². The van der Waals surface area contributed by atoms with Crippen LogP contribution in [0.3, 0.4) is 0 Å². The molecule has 0 radical (unpaired) electrons. The molecule has 0 amide bonds. The normalized spacial score (nSPS) is 41.4. The molecule has 5 atom stereocenters. The molecule has 0 aromatic rings. The van der Waals surface area contributed by atoms with Crippen LogP contribution in [0.2, 0.25) is 0 Å². The van der Waals surface area contributed by atoms with Crippen LogP contribution in [0, 0.1) is 17.3 Å². The maximum atomic E-state index is 11.7. The van der Waals surface area contributed by atoms with E-state index >= 15 is 0 Å². The van der Waals surface area contributed by atoms with Crippen molar-refractivity contribution in [3.05, 3.63) is 37.0 Å². The molecule has 102 valence electrons. The van der Waals surface area contributed by atoms with E-state index in [-0.39, 0.29) is 11.5 Å². The number of carbonyl (C=O) groups excluding carboxylic acids is 2. The molecule has 1 N–H and O–H groups in total. The van der Waals surface area contributed by atoms with Gasteiger partial charge in [-0.3, -0.25) is 4.79 Å². The number of aliphatic hydroxyl groups is 1. The number of rotatable bonds is 3. The van der Waals surface area contributed by atoms with Crippen LogP contribution >= 0.6 is 0 Å². The Morgan fingerprint density at radius 2 is 2.21 bits per heavy atom. The van der Waals surface area contributed by atoms with E-state index in [4.69, 9.17) is 4.74 Å². The Morgan fingerprint density at radius 3 is 2.74 bits per heavy atom. The first-order chi connectivity index (χ1) is 8.85. The molecule has 0 aromatic carbocycles. The van der Waals surface area contributed by atoms with Crippen LogP contribution in [-0.2, 0) is 14.3 Å². The summed E-state index contributed by atoms with van der Waals surface area (Å²) in [6, 6.07) is 0. The summed E-state index contributed by atoms with van der Waals surface area (Å²) in [4.78, 5) is 22.7. The molecule has 2 rings (SSSR count). The summed E-state index contributed by atoms with van der Waals surface area (Å²) in [6.45, 7) is 13.1. The number of hydrogen-bond acceptors (Lipinski definition) is 4. The predicted molar refractivity (Wildman–Crippen MR) is 70.1 cm³/mol. The highest BCUT2D eigenvalue weighted by Gasteiger charge is 2.57. The Labute approximate surface area is 112 Å². The van der Waals surface area contributed by atoms with Crippen molar-refractivity contribution in [3.8, 4) is 0 Å². The summed E-state index contributed by atoms with van der Waals surface area (Å²) in [5, 5.41) is 10.2. The molecule has 1 aliphatic carbocycles. The highest BCUT2D eigenvalue weighted by Crippen LogP contribution is 2.52. The third kappa shape index (κ3) is 1.87. The minimum absolute atomic E-state index is 0.271. The highest BCUT2D eigenvalue weighted by atomic mass is 16.6. The lowest BCUT2D eigenvalue weighted by molar-refractivity contribution is -0.146. The average molecular weight is 262 g/mol. The Kier molecular flexibility index (Phi) is 3.22. The van der Waals surface area contributed by atoms with Crippen molar-refractivity contribution in [3.63, 3.8) is 0 Å². The van der Waals surface area contributed by atoms with Gasteiger partial charge in [0.25, 0.3) is 0 Å². The molecule has 1 saturated carbocycles. The van der Waals surface area contributed by atoms with Crippen molar-refractivity contribution < 1.29 is 19.4 Å². The number of fused-ring (bicyclic) bond motifs is 1. The third-order valence-corrected chi connectivity index (χ3v) is 4.38. The molecule has 1 unspecified atom stereocenters. The molecule has 0 aromatic heterocycles. The zero-order valence-corrected chi connectivity index (χ0v) is 11.0. The molecule has 1 aliphatic heterocycles. The SMILES string of the molecule is C=C[C@]1(C)C[C@H](O)C2C(=C)C(=O)O[C@@H]2[C@H]1C(=C)C=O. The zero-order valence-electron chi connectivity index (χ0n) is 11.0. The highest BCUT2D eigenvalue weighted by molar-refractivity contribution is 5.91. The largest absolute Gasteiger partial charge is 0.458 e. The summed E-state index contributed by atoms with van der Waals surface area (Å²) >= 11 is 0. The minimum Gasteiger partial charge on any atom is -0.458 e. The molecule has 0 bridgehead atoms. The van der Waals surface area contributed by atoms with E-state index in [9.17, 15) is 14.7 Å². The van der Waals surface area contributed by atoms with Gasteiger partial charge in [0.2, 0.25) is 0 Å². The van der Waals surface area contributed by atoms with Crippen LogP contribution in [0.5, 0.6) is 0 Å². The number of ether oxygens (including phenoxy) is 1. The van der Waals surface area contributed by atoms with Crippen LogP contribution in [0.1, 0.15) is 13.3 Å². The van der Waals surface area contributed by atoms with Gasteiger partial charge in [0.1, 0.15) is 12.4 Å². The third-order valence-electron chi connectivity index (χ3n) is 4.38. The van der Waals surface area contributed by atoms with Crippen molar-refractivity contribution in [1.82, 2.24) is 0 Å². The van der Waals surface area contributed by atoms with Gasteiger partial charge in [-0.15, -0.1) is 6.58 Å². The fourth-order valence-corrected chi connectivity index (χ4v) is 3.33. The number of esters is 1. The molecule has 0 spiro atoms. The second kappa shape index (κ2) is 4.46. The van der Waals surface area contributed by atoms with Crippen molar-refractivity contribution in [2.24, 2.45) is 17.3 Å². The summed E-state index contributed by atoms with van der Waals surface area (Å²) in [6.07, 6.45) is 1.44. The van der Waals surface area contributed by atoms with E-state index < -0.39 is 29.5 Å². The number of hydrogen-bond donors (Lipinski definition) is 1. The van der Waals surface area contributed by atoms with Crippen LogP contribution < -0.4 is 0 Å². The van der Waals surface area contributed by atoms with Gasteiger partial charge in [0.05, 0.1) is 12.0 Å². The summed E-state index contributed by atoms with van der Waals surface area (Å²) in [7, 11) is 0. The van der Waals surface area contributed by atoms with E-state index in [0.29, 0.717) is 18.3 Å². The minimum atomic E-state index is -0.734. The maximum absolute atomic E-state index is 11.7. The lowest BCUT2D eigenvalue weighted by atomic mass is 9.59. The second-order valence-electron chi connectivity index (χ2n) is 5.57. The van der Waals surface area contributed by atoms with Crippen LogP contribution in [-0.4, -0.2) is 29.6 Å². The maximum Gasteiger partial charge on any atom is 0.334 e. The first kappa shape index (κ1) is 13.7. The van der Waals surface area contributed by atoms with E-state index in [0.717, 1.165) is 0 Å².